The molecular weight excluding hydrogens is 274 g/mol. The number of hydrogen-bond donors (Lipinski definition) is 2. The summed E-state index contributed by atoms with van der Waals surface area (Å²) >= 11 is 0. The van der Waals surface area contributed by atoms with Crippen LogP contribution in [0.1, 0.15) is 5.56 Å². The molecule has 1 aromatic heterocycles. The highest BCUT2D eigenvalue weighted by molar-refractivity contribution is 5.96. The Balaban J connectivity index is 1.60. The average molecular weight is 291 g/mol. The standard InChI is InChI=1S/C17H17N5/c1-2-4-13(5-3-1)11-22-12-20-15-10-14(6-7-16(15)22)21-17-18-8-9-19-17/h1-7,10,12H,8-9,11H2,(H2,18,19,21). The van der Waals surface area contributed by atoms with E-state index < -0.39 is 0 Å². The van der Waals surface area contributed by atoms with Crippen LogP contribution in [0.2, 0.25) is 0 Å². The molecule has 3 aromatic rings. The molecule has 110 valence electrons. The van der Waals surface area contributed by atoms with Gasteiger partial charge in [0, 0.05) is 18.8 Å². The fourth-order valence-electron chi connectivity index (χ4n) is 2.67. The van der Waals surface area contributed by atoms with Crippen molar-refractivity contribution >= 4 is 22.7 Å². The van der Waals surface area contributed by atoms with Gasteiger partial charge < -0.3 is 15.2 Å². The lowest BCUT2D eigenvalue weighted by atomic mass is 10.2. The van der Waals surface area contributed by atoms with E-state index in [1.54, 1.807) is 0 Å². The molecule has 2 N–H and O–H groups in total. The van der Waals surface area contributed by atoms with Crippen molar-refractivity contribution in [3.63, 3.8) is 0 Å². The Bertz CT molecular complexity index is 819. The number of fused-ring (bicyclic) bond motifs is 1. The zero-order valence-corrected chi connectivity index (χ0v) is 12.2. The van der Waals surface area contributed by atoms with Crippen LogP contribution in [0, 0.1) is 0 Å². The number of imidazole rings is 1. The highest BCUT2D eigenvalue weighted by Crippen LogP contribution is 2.19. The highest BCUT2D eigenvalue weighted by Gasteiger charge is 2.07. The van der Waals surface area contributed by atoms with Gasteiger partial charge in [-0.2, -0.15) is 0 Å². The van der Waals surface area contributed by atoms with E-state index in [4.69, 9.17) is 0 Å². The van der Waals surface area contributed by atoms with Crippen molar-refractivity contribution in [2.24, 2.45) is 4.99 Å². The second kappa shape index (κ2) is 5.52. The molecule has 1 aliphatic rings. The third-order valence-electron chi connectivity index (χ3n) is 3.75. The molecule has 0 saturated heterocycles. The lowest BCUT2D eigenvalue weighted by Crippen LogP contribution is -2.26. The molecule has 0 spiro atoms. The molecule has 0 fully saturated rings. The minimum absolute atomic E-state index is 0.830. The Kier molecular flexibility index (Phi) is 3.23. The van der Waals surface area contributed by atoms with E-state index >= 15 is 0 Å². The Morgan fingerprint density at radius 2 is 2.05 bits per heavy atom. The van der Waals surface area contributed by atoms with Crippen LogP contribution in [-0.4, -0.2) is 28.6 Å². The van der Waals surface area contributed by atoms with Crippen LogP contribution in [0.15, 0.2) is 59.9 Å². The summed E-state index contributed by atoms with van der Waals surface area (Å²) in [7, 11) is 0. The molecule has 0 saturated carbocycles. The quantitative estimate of drug-likeness (QED) is 0.779. The number of rotatable bonds is 3. The fourth-order valence-corrected chi connectivity index (χ4v) is 2.67. The van der Waals surface area contributed by atoms with Crippen LogP contribution in [0.5, 0.6) is 0 Å². The molecule has 1 aliphatic heterocycles. The molecule has 5 nitrogen and oxygen atoms in total. The Labute approximate surface area is 128 Å². The van der Waals surface area contributed by atoms with Crippen molar-refractivity contribution in [2.45, 2.75) is 6.54 Å². The van der Waals surface area contributed by atoms with Crippen LogP contribution in [0.25, 0.3) is 11.0 Å². The van der Waals surface area contributed by atoms with Crippen LogP contribution in [0.4, 0.5) is 5.69 Å². The number of hydrogen-bond acceptors (Lipinski definition) is 4. The fraction of sp³-hybridized carbons (Fsp3) is 0.176. The minimum Gasteiger partial charge on any atom is -0.354 e. The van der Waals surface area contributed by atoms with Gasteiger partial charge in [-0.1, -0.05) is 30.3 Å². The monoisotopic (exact) mass is 291 g/mol. The summed E-state index contributed by atoms with van der Waals surface area (Å²) < 4.78 is 2.17. The maximum Gasteiger partial charge on any atom is 0.195 e. The van der Waals surface area contributed by atoms with Crippen LogP contribution < -0.4 is 10.6 Å². The van der Waals surface area contributed by atoms with Gasteiger partial charge >= 0.3 is 0 Å². The van der Waals surface area contributed by atoms with Crippen molar-refractivity contribution in [3.8, 4) is 0 Å². The predicted molar refractivity (Wildman–Crippen MR) is 89.2 cm³/mol. The van der Waals surface area contributed by atoms with Gasteiger partial charge in [0.05, 0.1) is 23.9 Å². The van der Waals surface area contributed by atoms with Gasteiger partial charge in [-0.25, -0.2) is 4.98 Å². The predicted octanol–water partition coefficient (Wildman–Crippen LogP) is 2.46. The van der Waals surface area contributed by atoms with Gasteiger partial charge in [-0.05, 0) is 23.8 Å². The van der Waals surface area contributed by atoms with E-state index in [1.165, 1.54) is 5.56 Å². The first-order valence-corrected chi connectivity index (χ1v) is 7.43. The van der Waals surface area contributed by atoms with Gasteiger partial charge in [0.1, 0.15) is 0 Å². The first kappa shape index (κ1) is 12.9. The molecule has 22 heavy (non-hydrogen) atoms. The Hall–Kier alpha value is -2.82. The van der Waals surface area contributed by atoms with E-state index in [1.807, 2.05) is 12.4 Å². The van der Waals surface area contributed by atoms with Gasteiger partial charge in [0.15, 0.2) is 5.96 Å². The summed E-state index contributed by atoms with van der Waals surface area (Å²) in [5.41, 5.74) is 4.40. The number of nitrogens with zero attached hydrogens (tertiary/aromatic N) is 3. The zero-order valence-electron chi connectivity index (χ0n) is 12.2. The van der Waals surface area contributed by atoms with Crippen molar-refractivity contribution in [2.75, 3.05) is 18.4 Å². The molecule has 4 rings (SSSR count). The number of aromatic nitrogens is 2. The SMILES string of the molecule is c1ccc(Cn2cnc3cc(NC4=NCCN4)ccc32)cc1. The second-order valence-corrected chi connectivity index (χ2v) is 5.34. The smallest absolute Gasteiger partial charge is 0.195 e. The lowest BCUT2D eigenvalue weighted by Gasteiger charge is -2.07. The molecule has 0 unspecified atom stereocenters. The molecule has 2 aromatic carbocycles. The van der Waals surface area contributed by atoms with Crippen LogP contribution in [0.3, 0.4) is 0 Å². The van der Waals surface area contributed by atoms with E-state index in [2.05, 4.69) is 67.6 Å². The zero-order chi connectivity index (χ0) is 14.8. The second-order valence-electron chi connectivity index (χ2n) is 5.34. The molecule has 2 heterocycles. The topological polar surface area (TPSA) is 54.2 Å². The molecule has 5 heteroatoms. The highest BCUT2D eigenvalue weighted by atomic mass is 15.2. The summed E-state index contributed by atoms with van der Waals surface area (Å²) in [6, 6.07) is 16.6. The van der Waals surface area contributed by atoms with Crippen molar-refractivity contribution in [3.05, 3.63) is 60.4 Å². The normalized spacial score (nSPS) is 13.9. The third kappa shape index (κ3) is 2.53. The van der Waals surface area contributed by atoms with E-state index in [-0.39, 0.29) is 0 Å². The maximum atomic E-state index is 4.51. The van der Waals surface area contributed by atoms with Gasteiger partial charge in [0.25, 0.3) is 0 Å². The molecular formula is C17H17N5. The maximum absolute atomic E-state index is 4.51. The summed E-state index contributed by atoms with van der Waals surface area (Å²) in [5, 5.41) is 6.49. The van der Waals surface area contributed by atoms with Crippen molar-refractivity contribution in [1.29, 1.82) is 0 Å². The molecule has 0 bridgehead atoms. The van der Waals surface area contributed by atoms with Gasteiger partial charge in [-0.15, -0.1) is 0 Å². The molecule has 0 atom stereocenters. The molecule has 0 aliphatic carbocycles. The Morgan fingerprint density at radius 3 is 2.86 bits per heavy atom. The summed E-state index contributed by atoms with van der Waals surface area (Å²) in [6.07, 6.45) is 1.90. The number of benzene rings is 2. The first-order chi connectivity index (χ1) is 10.9. The van der Waals surface area contributed by atoms with Crippen LogP contribution in [-0.2, 0) is 6.54 Å². The average Bonchev–Trinajstić information content (AvgIpc) is 3.19. The van der Waals surface area contributed by atoms with E-state index in [0.29, 0.717) is 0 Å². The molecule has 0 amide bonds. The summed E-state index contributed by atoms with van der Waals surface area (Å²) in [6.45, 7) is 2.56. The van der Waals surface area contributed by atoms with Crippen molar-refractivity contribution < 1.29 is 0 Å². The number of nitrogens with one attached hydrogen (secondary N) is 2. The minimum atomic E-state index is 0.830. The van der Waals surface area contributed by atoms with Crippen LogP contribution >= 0.6 is 0 Å². The van der Waals surface area contributed by atoms with Gasteiger partial charge in [-0.3, -0.25) is 4.99 Å². The molecule has 0 radical (unpaired) electrons. The van der Waals surface area contributed by atoms with E-state index in [0.717, 1.165) is 42.3 Å². The first-order valence-electron chi connectivity index (χ1n) is 7.43. The van der Waals surface area contributed by atoms with Gasteiger partial charge in [0.2, 0.25) is 0 Å². The summed E-state index contributed by atoms with van der Waals surface area (Å²) in [5.74, 6) is 0.836. The largest absolute Gasteiger partial charge is 0.354 e. The van der Waals surface area contributed by atoms with E-state index in [9.17, 15) is 0 Å². The number of aliphatic imine (C=N–C) groups is 1. The number of anilines is 1. The lowest BCUT2D eigenvalue weighted by molar-refractivity contribution is 0.824. The number of guanidine groups is 1. The third-order valence-corrected chi connectivity index (χ3v) is 3.75. The summed E-state index contributed by atoms with van der Waals surface area (Å²) in [4.78, 5) is 8.85. The van der Waals surface area contributed by atoms with Crippen molar-refractivity contribution in [1.82, 2.24) is 14.9 Å². The Morgan fingerprint density at radius 1 is 1.14 bits per heavy atom.